The van der Waals surface area contributed by atoms with Crippen LogP contribution in [0.2, 0.25) is 0 Å². The van der Waals surface area contributed by atoms with E-state index in [1.54, 1.807) is 18.2 Å². The number of furan rings is 1. The SMILES string of the molecule is NC(COc1ccccc1F)c1cc2ccccc2o1. The fraction of sp³-hybridized carbons (Fsp3) is 0.125. The van der Waals surface area contributed by atoms with Crippen LogP contribution in [0, 0.1) is 5.82 Å². The number of hydrogen-bond donors (Lipinski definition) is 1. The predicted molar refractivity (Wildman–Crippen MR) is 75.0 cm³/mol. The Bertz CT molecular complexity index is 690. The van der Waals surface area contributed by atoms with E-state index in [4.69, 9.17) is 14.9 Å². The molecule has 2 aromatic carbocycles. The summed E-state index contributed by atoms with van der Waals surface area (Å²) in [6, 6.07) is 15.3. The molecule has 4 heteroatoms. The summed E-state index contributed by atoms with van der Waals surface area (Å²) >= 11 is 0. The first kappa shape index (κ1) is 12.7. The summed E-state index contributed by atoms with van der Waals surface area (Å²) in [4.78, 5) is 0. The lowest BCUT2D eigenvalue weighted by atomic mass is 10.2. The summed E-state index contributed by atoms with van der Waals surface area (Å²) in [6.45, 7) is 0.154. The largest absolute Gasteiger partial charge is 0.488 e. The van der Waals surface area contributed by atoms with Crippen molar-refractivity contribution in [1.29, 1.82) is 0 Å². The lowest BCUT2D eigenvalue weighted by Gasteiger charge is -2.11. The maximum Gasteiger partial charge on any atom is 0.165 e. The summed E-state index contributed by atoms with van der Waals surface area (Å²) in [5.41, 5.74) is 6.80. The minimum Gasteiger partial charge on any atom is -0.488 e. The quantitative estimate of drug-likeness (QED) is 0.788. The second kappa shape index (κ2) is 5.35. The highest BCUT2D eigenvalue weighted by molar-refractivity contribution is 5.77. The minimum absolute atomic E-state index is 0.154. The minimum atomic E-state index is -0.443. The van der Waals surface area contributed by atoms with E-state index in [1.807, 2.05) is 30.3 Å². The molecule has 3 aromatic rings. The van der Waals surface area contributed by atoms with Crippen LogP contribution < -0.4 is 10.5 Å². The van der Waals surface area contributed by atoms with Crippen molar-refractivity contribution in [3.8, 4) is 5.75 Å². The first-order valence-electron chi connectivity index (χ1n) is 6.35. The molecule has 1 unspecified atom stereocenters. The Morgan fingerprint density at radius 3 is 2.65 bits per heavy atom. The van der Waals surface area contributed by atoms with E-state index in [1.165, 1.54) is 6.07 Å². The van der Waals surface area contributed by atoms with Gasteiger partial charge in [0, 0.05) is 5.39 Å². The van der Waals surface area contributed by atoms with Gasteiger partial charge in [0.05, 0.1) is 6.04 Å². The van der Waals surface area contributed by atoms with Crippen molar-refractivity contribution in [2.24, 2.45) is 5.73 Å². The third kappa shape index (κ3) is 2.51. The van der Waals surface area contributed by atoms with E-state index >= 15 is 0 Å². The van der Waals surface area contributed by atoms with Crippen molar-refractivity contribution >= 4 is 11.0 Å². The molecule has 1 heterocycles. The third-order valence-electron chi connectivity index (χ3n) is 3.07. The standard InChI is InChI=1S/C16H14FNO2/c17-12-6-2-4-8-15(12)19-10-13(18)16-9-11-5-1-3-7-14(11)20-16/h1-9,13H,10,18H2. The molecule has 0 bridgehead atoms. The van der Waals surface area contributed by atoms with E-state index in [0.29, 0.717) is 5.76 Å². The van der Waals surface area contributed by atoms with Crippen LogP contribution in [0.5, 0.6) is 5.75 Å². The Hall–Kier alpha value is -2.33. The number of fused-ring (bicyclic) bond motifs is 1. The number of benzene rings is 2. The average molecular weight is 271 g/mol. The van der Waals surface area contributed by atoms with E-state index < -0.39 is 11.9 Å². The monoisotopic (exact) mass is 271 g/mol. The van der Waals surface area contributed by atoms with Crippen molar-refractivity contribution in [3.63, 3.8) is 0 Å². The van der Waals surface area contributed by atoms with Gasteiger partial charge >= 0.3 is 0 Å². The molecule has 20 heavy (non-hydrogen) atoms. The first-order chi connectivity index (χ1) is 9.74. The van der Waals surface area contributed by atoms with E-state index in [9.17, 15) is 4.39 Å². The zero-order valence-electron chi connectivity index (χ0n) is 10.8. The van der Waals surface area contributed by atoms with Crippen LogP contribution in [-0.2, 0) is 0 Å². The predicted octanol–water partition coefficient (Wildman–Crippen LogP) is 3.65. The highest BCUT2D eigenvalue weighted by Gasteiger charge is 2.13. The molecule has 3 nitrogen and oxygen atoms in total. The van der Waals surface area contributed by atoms with E-state index in [-0.39, 0.29) is 12.4 Å². The Balaban J connectivity index is 1.73. The summed E-state index contributed by atoms with van der Waals surface area (Å²) < 4.78 is 24.5. The maximum atomic E-state index is 13.4. The van der Waals surface area contributed by atoms with Gasteiger partial charge < -0.3 is 14.9 Å². The fourth-order valence-electron chi connectivity index (χ4n) is 2.01. The van der Waals surface area contributed by atoms with E-state index in [2.05, 4.69) is 0 Å². The van der Waals surface area contributed by atoms with Crippen molar-refractivity contribution in [2.45, 2.75) is 6.04 Å². The lowest BCUT2D eigenvalue weighted by molar-refractivity contribution is 0.264. The number of nitrogens with two attached hydrogens (primary N) is 1. The van der Waals surface area contributed by atoms with Crippen LogP contribution >= 0.6 is 0 Å². The Labute approximate surface area is 115 Å². The molecule has 1 aromatic heterocycles. The van der Waals surface area contributed by atoms with Gasteiger partial charge in [-0.1, -0.05) is 30.3 Å². The van der Waals surface area contributed by atoms with Gasteiger partial charge in [-0.15, -0.1) is 0 Å². The smallest absolute Gasteiger partial charge is 0.165 e. The Morgan fingerprint density at radius 1 is 1.10 bits per heavy atom. The molecular formula is C16H14FNO2. The second-order valence-corrected chi connectivity index (χ2v) is 4.53. The second-order valence-electron chi connectivity index (χ2n) is 4.53. The summed E-state index contributed by atoms with van der Waals surface area (Å²) in [5, 5.41) is 0.990. The van der Waals surface area contributed by atoms with Gasteiger partial charge in [-0.3, -0.25) is 0 Å². The molecule has 0 amide bonds. The molecule has 0 saturated carbocycles. The van der Waals surface area contributed by atoms with Gasteiger partial charge in [-0.05, 0) is 24.3 Å². The molecule has 0 aliphatic rings. The maximum absolute atomic E-state index is 13.4. The number of halogens is 1. The molecule has 1 atom stereocenters. The van der Waals surface area contributed by atoms with E-state index in [0.717, 1.165) is 11.0 Å². The normalized spacial score (nSPS) is 12.5. The molecule has 2 N–H and O–H groups in total. The van der Waals surface area contributed by atoms with Crippen molar-refractivity contribution in [1.82, 2.24) is 0 Å². The highest BCUT2D eigenvalue weighted by Crippen LogP contribution is 2.24. The molecule has 0 fully saturated rings. The Morgan fingerprint density at radius 2 is 1.85 bits per heavy atom. The van der Waals surface area contributed by atoms with Crippen LogP contribution in [0.25, 0.3) is 11.0 Å². The first-order valence-corrected chi connectivity index (χ1v) is 6.35. The van der Waals surface area contributed by atoms with Gasteiger partial charge in [0.1, 0.15) is 18.0 Å². The van der Waals surface area contributed by atoms with Gasteiger partial charge in [-0.2, -0.15) is 0 Å². The summed E-state index contributed by atoms with van der Waals surface area (Å²) in [5.74, 6) is 0.422. The topological polar surface area (TPSA) is 48.4 Å². The number of hydrogen-bond acceptors (Lipinski definition) is 3. The molecule has 0 spiro atoms. The van der Waals surface area contributed by atoms with Gasteiger partial charge in [0.25, 0.3) is 0 Å². The number of ether oxygens (including phenoxy) is 1. The summed E-state index contributed by atoms with van der Waals surface area (Å²) in [7, 11) is 0. The Kier molecular flexibility index (Phi) is 3.39. The average Bonchev–Trinajstić information content (AvgIpc) is 2.90. The zero-order valence-corrected chi connectivity index (χ0v) is 10.8. The highest BCUT2D eigenvalue weighted by atomic mass is 19.1. The lowest BCUT2D eigenvalue weighted by Crippen LogP contribution is -2.18. The zero-order chi connectivity index (χ0) is 13.9. The number of rotatable bonds is 4. The molecule has 0 aliphatic carbocycles. The molecule has 3 rings (SSSR count). The summed E-state index contributed by atoms with van der Waals surface area (Å²) in [6.07, 6.45) is 0. The number of para-hydroxylation sites is 2. The van der Waals surface area contributed by atoms with Crippen molar-refractivity contribution < 1.29 is 13.5 Å². The molecule has 0 aliphatic heterocycles. The van der Waals surface area contributed by atoms with Crippen LogP contribution in [0.3, 0.4) is 0 Å². The molecule has 102 valence electrons. The van der Waals surface area contributed by atoms with Crippen LogP contribution in [0.4, 0.5) is 4.39 Å². The van der Waals surface area contributed by atoms with Gasteiger partial charge in [0.2, 0.25) is 0 Å². The van der Waals surface area contributed by atoms with Crippen molar-refractivity contribution in [2.75, 3.05) is 6.61 Å². The molecule has 0 radical (unpaired) electrons. The van der Waals surface area contributed by atoms with Crippen molar-refractivity contribution in [3.05, 3.63) is 66.2 Å². The van der Waals surface area contributed by atoms with Crippen LogP contribution in [-0.4, -0.2) is 6.61 Å². The molecule has 0 saturated heterocycles. The third-order valence-corrected chi connectivity index (χ3v) is 3.07. The van der Waals surface area contributed by atoms with Crippen LogP contribution in [0.15, 0.2) is 59.0 Å². The fourth-order valence-corrected chi connectivity index (χ4v) is 2.01. The van der Waals surface area contributed by atoms with Gasteiger partial charge in [0.15, 0.2) is 11.6 Å². The molecular weight excluding hydrogens is 257 g/mol. The van der Waals surface area contributed by atoms with Gasteiger partial charge in [-0.25, -0.2) is 4.39 Å². The van der Waals surface area contributed by atoms with Crippen LogP contribution in [0.1, 0.15) is 11.8 Å².